The van der Waals surface area contributed by atoms with Crippen LogP contribution in [0.3, 0.4) is 0 Å². The van der Waals surface area contributed by atoms with Gasteiger partial charge in [-0.3, -0.25) is 9.29 Å². The summed E-state index contributed by atoms with van der Waals surface area (Å²) in [5, 5.41) is 0. The summed E-state index contributed by atoms with van der Waals surface area (Å²) in [6, 6.07) is 11.0. The zero-order chi connectivity index (χ0) is 14.9. The average molecular weight is 303 g/mol. The van der Waals surface area contributed by atoms with E-state index < -0.39 is 10.0 Å². The van der Waals surface area contributed by atoms with Crippen molar-refractivity contribution < 1.29 is 8.42 Å². The van der Waals surface area contributed by atoms with Gasteiger partial charge in [0, 0.05) is 30.5 Å². The average Bonchev–Trinajstić information content (AvgIpc) is 2.90. The second kappa shape index (κ2) is 5.37. The number of rotatable bonds is 4. The van der Waals surface area contributed by atoms with Crippen LogP contribution in [-0.4, -0.2) is 25.7 Å². The highest BCUT2D eigenvalue weighted by atomic mass is 32.2. The van der Waals surface area contributed by atoms with Crippen molar-refractivity contribution in [3.63, 3.8) is 0 Å². The van der Waals surface area contributed by atoms with Gasteiger partial charge in [0.25, 0.3) is 0 Å². The van der Waals surface area contributed by atoms with Gasteiger partial charge in [-0.15, -0.1) is 0 Å². The highest BCUT2D eigenvalue weighted by Gasteiger charge is 2.29. The van der Waals surface area contributed by atoms with E-state index in [0.717, 1.165) is 23.4 Å². The van der Waals surface area contributed by atoms with Crippen molar-refractivity contribution in [2.75, 3.05) is 22.3 Å². The molecule has 1 aromatic carbocycles. The monoisotopic (exact) mass is 303 g/mol. The van der Waals surface area contributed by atoms with E-state index in [-0.39, 0.29) is 5.75 Å². The summed E-state index contributed by atoms with van der Waals surface area (Å²) < 4.78 is 26.5. The molecule has 0 aliphatic carbocycles. The minimum Gasteiger partial charge on any atom is -0.399 e. The molecule has 0 fully saturated rings. The molecule has 5 nitrogen and oxygen atoms in total. The lowest BCUT2D eigenvalue weighted by Gasteiger charge is -2.19. The Balaban J connectivity index is 1.79. The first-order valence-electron chi connectivity index (χ1n) is 6.85. The molecule has 2 aromatic rings. The van der Waals surface area contributed by atoms with E-state index in [1.807, 2.05) is 30.3 Å². The van der Waals surface area contributed by atoms with Gasteiger partial charge in [0.05, 0.1) is 11.4 Å². The summed E-state index contributed by atoms with van der Waals surface area (Å²) in [5.74, 6) is 0.0538. The molecule has 6 heteroatoms. The molecule has 3 rings (SSSR count). The molecule has 21 heavy (non-hydrogen) atoms. The molecular weight excluding hydrogens is 286 g/mol. The molecule has 0 saturated carbocycles. The first kappa shape index (κ1) is 13.9. The largest absolute Gasteiger partial charge is 0.399 e. The lowest BCUT2D eigenvalue weighted by molar-refractivity contribution is 0.591. The molecule has 0 atom stereocenters. The standard InChI is InChI=1S/C15H17N3O2S/c16-13-5-4-12-6-9-18(15(12)11-13)21(19,20)10-7-14-3-1-2-8-17-14/h1-5,8,11H,6-7,9-10,16H2. The second-order valence-electron chi connectivity index (χ2n) is 5.10. The van der Waals surface area contributed by atoms with Crippen LogP contribution in [0.5, 0.6) is 0 Å². The van der Waals surface area contributed by atoms with Crippen molar-refractivity contribution in [3.8, 4) is 0 Å². The number of pyridine rings is 1. The summed E-state index contributed by atoms with van der Waals surface area (Å²) in [5.41, 5.74) is 8.89. The molecule has 110 valence electrons. The zero-order valence-electron chi connectivity index (χ0n) is 11.6. The summed E-state index contributed by atoms with van der Waals surface area (Å²) in [7, 11) is -3.35. The normalized spacial score (nSPS) is 14.2. The van der Waals surface area contributed by atoms with Crippen LogP contribution in [0.4, 0.5) is 11.4 Å². The lowest BCUT2D eigenvalue weighted by Crippen LogP contribution is -2.32. The number of nitrogens with two attached hydrogens (primary N) is 1. The maximum absolute atomic E-state index is 12.5. The Morgan fingerprint density at radius 1 is 1.24 bits per heavy atom. The van der Waals surface area contributed by atoms with Crippen LogP contribution in [0, 0.1) is 0 Å². The predicted octanol–water partition coefficient (Wildman–Crippen LogP) is 1.60. The van der Waals surface area contributed by atoms with Crippen LogP contribution >= 0.6 is 0 Å². The van der Waals surface area contributed by atoms with Crippen molar-refractivity contribution in [1.29, 1.82) is 0 Å². The van der Waals surface area contributed by atoms with E-state index in [4.69, 9.17) is 5.73 Å². The van der Waals surface area contributed by atoms with Gasteiger partial charge in [0.2, 0.25) is 10.0 Å². The number of aromatic nitrogens is 1. The highest BCUT2D eigenvalue weighted by Crippen LogP contribution is 2.32. The Hall–Kier alpha value is -2.08. The lowest BCUT2D eigenvalue weighted by atomic mass is 10.1. The number of anilines is 2. The van der Waals surface area contributed by atoms with E-state index in [0.29, 0.717) is 18.7 Å². The molecule has 2 N–H and O–H groups in total. The molecule has 0 spiro atoms. The maximum atomic E-state index is 12.5. The topological polar surface area (TPSA) is 76.3 Å². The molecule has 0 unspecified atom stereocenters. The molecule has 2 heterocycles. The van der Waals surface area contributed by atoms with Crippen molar-refractivity contribution in [1.82, 2.24) is 4.98 Å². The fraction of sp³-hybridized carbons (Fsp3) is 0.267. The van der Waals surface area contributed by atoms with Crippen molar-refractivity contribution in [2.45, 2.75) is 12.8 Å². The molecule has 0 bridgehead atoms. The van der Waals surface area contributed by atoms with Crippen molar-refractivity contribution >= 4 is 21.4 Å². The van der Waals surface area contributed by atoms with Crippen LogP contribution in [0.25, 0.3) is 0 Å². The number of hydrogen-bond acceptors (Lipinski definition) is 4. The van der Waals surface area contributed by atoms with Crippen LogP contribution in [0.2, 0.25) is 0 Å². The fourth-order valence-corrected chi connectivity index (χ4v) is 4.07. The molecule has 0 radical (unpaired) electrons. The van der Waals surface area contributed by atoms with Gasteiger partial charge >= 0.3 is 0 Å². The maximum Gasteiger partial charge on any atom is 0.235 e. The van der Waals surface area contributed by atoms with Crippen LogP contribution in [0.15, 0.2) is 42.6 Å². The van der Waals surface area contributed by atoms with Gasteiger partial charge in [-0.25, -0.2) is 8.42 Å². The second-order valence-corrected chi connectivity index (χ2v) is 7.11. The van der Waals surface area contributed by atoms with E-state index in [2.05, 4.69) is 4.98 Å². The Morgan fingerprint density at radius 2 is 2.10 bits per heavy atom. The van der Waals surface area contributed by atoms with E-state index >= 15 is 0 Å². The number of sulfonamides is 1. The smallest absolute Gasteiger partial charge is 0.235 e. The number of benzene rings is 1. The van der Waals surface area contributed by atoms with Gasteiger partial charge in [-0.1, -0.05) is 12.1 Å². The zero-order valence-corrected chi connectivity index (χ0v) is 12.4. The number of nitrogens with zero attached hydrogens (tertiary/aromatic N) is 2. The summed E-state index contributed by atoms with van der Waals surface area (Å²) >= 11 is 0. The summed E-state index contributed by atoms with van der Waals surface area (Å²) in [6.07, 6.45) is 2.82. The fourth-order valence-electron chi connectivity index (χ4n) is 2.55. The van der Waals surface area contributed by atoms with Gasteiger partial charge < -0.3 is 5.73 Å². The number of nitrogen functional groups attached to an aromatic ring is 1. The predicted molar refractivity (Wildman–Crippen MR) is 83.6 cm³/mol. The van der Waals surface area contributed by atoms with Crippen molar-refractivity contribution in [3.05, 3.63) is 53.9 Å². The summed E-state index contributed by atoms with van der Waals surface area (Å²) in [6.45, 7) is 0.489. The minimum absolute atomic E-state index is 0.0538. The molecule has 0 amide bonds. The highest BCUT2D eigenvalue weighted by molar-refractivity contribution is 7.92. The SMILES string of the molecule is Nc1ccc2c(c1)N(S(=O)(=O)CCc1ccccn1)CC2. The first-order valence-corrected chi connectivity index (χ1v) is 8.46. The molecule has 1 aliphatic rings. The molecule has 1 aliphatic heterocycles. The van der Waals surface area contributed by atoms with Crippen LogP contribution in [-0.2, 0) is 22.9 Å². The van der Waals surface area contributed by atoms with Gasteiger partial charge in [-0.05, 0) is 36.2 Å². The van der Waals surface area contributed by atoms with Gasteiger partial charge in [0.15, 0.2) is 0 Å². The number of hydrogen-bond donors (Lipinski definition) is 1. The Bertz CT molecular complexity index is 745. The summed E-state index contributed by atoms with van der Waals surface area (Å²) in [4.78, 5) is 4.16. The number of aryl methyl sites for hydroxylation is 1. The van der Waals surface area contributed by atoms with E-state index in [1.165, 1.54) is 4.31 Å². The van der Waals surface area contributed by atoms with Crippen LogP contribution < -0.4 is 10.0 Å². The third kappa shape index (κ3) is 2.85. The Morgan fingerprint density at radius 3 is 2.86 bits per heavy atom. The molecule has 1 aromatic heterocycles. The minimum atomic E-state index is -3.35. The first-order chi connectivity index (χ1) is 10.1. The Kier molecular flexibility index (Phi) is 3.55. The Labute approximate surface area is 124 Å². The van der Waals surface area contributed by atoms with E-state index in [1.54, 1.807) is 12.3 Å². The van der Waals surface area contributed by atoms with Gasteiger partial charge in [0.1, 0.15) is 0 Å². The third-order valence-electron chi connectivity index (χ3n) is 3.64. The number of fused-ring (bicyclic) bond motifs is 1. The third-order valence-corrected chi connectivity index (χ3v) is 5.41. The molecular formula is C15H17N3O2S. The molecule has 0 saturated heterocycles. The quantitative estimate of drug-likeness (QED) is 0.870. The van der Waals surface area contributed by atoms with Crippen molar-refractivity contribution in [2.24, 2.45) is 0 Å². The van der Waals surface area contributed by atoms with E-state index in [9.17, 15) is 8.42 Å². The van der Waals surface area contributed by atoms with Gasteiger partial charge in [-0.2, -0.15) is 0 Å². The van der Waals surface area contributed by atoms with Crippen LogP contribution in [0.1, 0.15) is 11.3 Å².